The van der Waals surface area contributed by atoms with Gasteiger partial charge in [-0.15, -0.1) is 0 Å². The molecule has 1 aliphatic rings. The molecule has 0 aliphatic carbocycles. The van der Waals surface area contributed by atoms with Gasteiger partial charge in [0.15, 0.2) is 23.8 Å². The maximum Gasteiger partial charge on any atom is 0.244 e. The van der Waals surface area contributed by atoms with Gasteiger partial charge in [-0.2, -0.15) is 25.3 Å². The molecule has 30 nitrogen and oxygen atoms in total. The lowest BCUT2D eigenvalue weighted by Crippen LogP contribution is -2.62. The Balaban J connectivity index is 4.04. The first-order valence-corrected chi connectivity index (χ1v) is 25.8. The fourth-order valence-corrected chi connectivity index (χ4v) is 7.80. The van der Waals surface area contributed by atoms with E-state index in [1.807, 2.05) is 0 Å². The molecule has 8 atom stereocenters. The van der Waals surface area contributed by atoms with E-state index >= 15 is 0 Å². The zero-order valence-electron chi connectivity index (χ0n) is 41.8. The molecule has 1 saturated heterocycles. The minimum atomic E-state index is -1.41. The smallest absolute Gasteiger partial charge is 0.244 e. The number of nitrogens with two attached hydrogens (primary N) is 6. The summed E-state index contributed by atoms with van der Waals surface area (Å²) >= 11 is 8.62. The maximum atomic E-state index is 14.3. The third-order valence-electron chi connectivity index (χ3n) is 11.3. The van der Waals surface area contributed by atoms with Crippen molar-refractivity contribution >= 4 is 96.4 Å². The molecular formula is C42H82N22O8S2. The Labute approximate surface area is 442 Å². The van der Waals surface area contributed by atoms with E-state index < -0.39 is 95.6 Å². The summed E-state index contributed by atoms with van der Waals surface area (Å²) in [5.41, 5.74) is 33.3. The van der Waals surface area contributed by atoms with E-state index in [0.717, 1.165) is 0 Å². The summed E-state index contributed by atoms with van der Waals surface area (Å²) < 4.78 is 0. The molecule has 74 heavy (non-hydrogen) atoms. The number of guanidine groups is 4. The summed E-state index contributed by atoms with van der Waals surface area (Å²) in [6, 6.07) is -10.9. The molecule has 28 N–H and O–H groups in total. The lowest BCUT2D eigenvalue weighted by Gasteiger charge is -2.29. The average molecular weight is 1090 g/mol. The Kier molecular flexibility index (Phi) is 32.9. The molecule has 0 aromatic heterocycles. The summed E-state index contributed by atoms with van der Waals surface area (Å²) in [5.74, 6) is -8.73. The molecule has 1 aliphatic heterocycles. The number of rotatable bonds is 26. The second-order valence-electron chi connectivity index (χ2n) is 17.4. The van der Waals surface area contributed by atoms with Gasteiger partial charge in [-0.3, -0.25) is 60.0 Å². The SMILES string of the molecule is N=C(N)NCCC[C@@H]1NC(=O)[C@H](CCCNC(=N)N)NC(=O)[C@H](CCCCN)NC(=O)[C@H](CS)NC(=O)[C@H](CCCNC(=N)N)NC(=O)[C@H](CCCNC(=N)N)NC(=O)[C@H](CCCCN)NC(=O)[C@H](CS)NC1=O. The lowest BCUT2D eigenvalue weighted by atomic mass is 10.0. The van der Waals surface area contributed by atoms with E-state index in [1.54, 1.807) is 0 Å². The van der Waals surface area contributed by atoms with Crippen LogP contribution in [0.25, 0.3) is 0 Å². The second-order valence-corrected chi connectivity index (χ2v) is 18.1. The highest BCUT2D eigenvalue weighted by molar-refractivity contribution is 7.80. The number of carbonyl (C=O) groups is 8. The molecule has 0 aromatic rings. The largest absolute Gasteiger partial charge is 0.370 e. The zero-order valence-corrected chi connectivity index (χ0v) is 43.6. The highest BCUT2D eigenvalue weighted by Crippen LogP contribution is 2.10. The van der Waals surface area contributed by atoms with Crippen molar-refractivity contribution in [2.75, 3.05) is 50.8 Å². The van der Waals surface area contributed by atoms with Crippen LogP contribution in [0, 0.1) is 21.6 Å². The highest BCUT2D eigenvalue weighted by Gasteiger charge is 2.35. The maximum absolute atomic E-state index is 14.3. The quantitative estimate of drug-likeness (QED) is 0.0166. The molecule has 32 heteroatoms. The first-order chi connectivity index (χ1) is 35.2. The topological polar surface area (TPSA) is 532 Å². The number of unbranched alkanes of at least 4 members (excludes halogenated alkanes) is 2. The molecular weight excluding hydrogens is 1000 g/mol. The molecule has 1 heterocycles. The van der Waals surface area contributed by atoms with Gasteiger partial charge in [-0.05, 0) is 103 Å². The van der Waals surface area contributed by atoms with Gasteiger partial charge in [0, 0.05) is 37.7 Å². The fraction of sp³-hybridized carbons (Fsp3) is 0.714. The van der Waals surface area contributed by atoms with E-state index in [4.69, 9.17) is 56.0 Å². The highest BCUT2D eigenvalue weighted by atomic mass is 32.1. The van der Waals surface area contributed by atoms with E-state index in [9.17, 15) is 38.4 Å². The first kappa shape index (κ1) is 65.5. The lowest BCUT2D eigenvalue weighted by molar-refractivity contribution is -0.136. The van der Waals surface area contributed by atoms with Gasteiger partial charge in [0.2, 0.25) is 47.3 Å². The Morgan fingerprint density at radius 2 is 0.514 bits per heavy atom. The van der Waals surface area contributed by atoms with Crippen LogP contribution >= 0.6 is 25.3 Å². The van der Waals surface area contributed by atoms with Crippen LogP contribution in [0.4, 0.5) is 0 Å². The first-order valence-electron chi connectivity index (χ1n) is 24.5. The van der Waals surface area contributed by atoms with Crippen LogP contribution in [-0.2, 0) is 38.4 Å². The summed E-state index contributed by atoms with van der Waals surface area (Å²) in [4.78, 5) is 113. The Hall–Kier alpha value is -6.54. The van der Waals surface area contributed by atoms with Crippen LogP contribution in [0.3, 0.4) is 0 Å². The van der Waals surface area contributed by atoms with Gasteiger partial charge in [-0.1, -0.05) is 0 Å². The van der Waals surface area contributed by atoms with Crippen molar-refractivity contribution in [1.82, 2.24) is 63.8 Å². The number of carbonyl (C=O) groups excluding carboxylic acids is 8. The molecule has 0 bridgehead atoms. The van der Waals surface area contributed by atoms with Crippen molar-refractivity contribution in [2.45, 2.75) is 138 Å². The van der Waals surface area contributed by atoms with Crippen LogP contribution in [0.2, 0.25) is 0 Å². The van der Waals surface area contributed by atoms with Gasteiger partial charge in [-0.25, -0.2) is 0 Å². The molecule has 0 radical (unpaired) electrons. The molecule has 0 aromatic carbocycles. The molecule has 0 unspecified atom stereocenters. The normalized spacial score (nSPS) is 22.9. The van der Waals surface area contributed by atoms with Gasteiger partial charge < -0.3 is 98.2 Å². The third-order valence-corrected chi connectivity index (χ3v) is 12.0. The van der Waals surface area contributed by atoms with Crippen LogP contribution in [0.1, 0.15) is 89.9 Å². The zero-order chi connectivity index (χ0) is 55.6. The number of nitrogens with one attached hydrogen (secondary N) is 16. The predicted molar refractivity (Wildman–Crippen MR) is 286 cm³/mol. The number of amides is 8. The molecule has 1 fully saturated rings. The van der Waals surface area contributed by atoms with Gasteiger partial charge >= 0.3 is 0 Å². The standard InChI is InChI=1S/C42H82N22O8S2/c43-15-3-1-9-23-31(65)57-25(11-5-17-53-39(45)46)33(67)59-28(14-8-20-56-42(51)52)36(70)64-30(22-74)38(72)62-24(10-2-4-16-44)32(66)58-26(12-6-18-54-40(47)48)34(68)60-27(13-7-19-55-41(49)50)35(69)63-29(21-73)37(71)61-23/h23-30,73-74H,1-22,43-44H2,(H,57,65)(H,58,66)(H,59,67)(H,60,68)(H,61,71)(H,62,72)(H,63,69)(H,64,70)(H4,45,46,53)(H4,47,48,54)(H4,49,50,55)(H4,51,52,56)/t23-,24-,25-,26-,27-,28-,29-,30-/m0/s1. The van der Waals surface area contributed by atoms with E-state index in [0.29, 0.717) is 25.7 Å². The number of hydrogen-bond acceptors (Lipinski definition) is 16. The Morgan fingerprint density at radius 1 is 0.338 bits per heavy atom. The monoisotopic (exact) mass is 1090 g/mol. The van der Waals surface area contributed by atoms with Crippen molar-refractivity contribution in [2.24, 2.45) is 34.4 Å². The summed E-state index contributed by atoms with van der Waals surface area (Å²) in [5, 5.41) is 61.7. The summed E-state index contributed by atoms with van der Waals surface area (Å²) in [6.07, 6.45) is 1.95. The van der Waals surface area contributed by atoms with Gasteiger partial charge in [0.05, 0.1) is 0 Å². The predicted octanol–water partition coefficient (Wildman–Crippen LogP) is -6.95. The van der Waals surface area contributed by atoms with Crippen molar-refractivity contribution in [3.63, 3.8) is 0 Å². The second kappa shape index (κ2) is 37.2. The number of hydrogen-bond donors (Lipinski definition) is 24. The van der Waals surface area contributed by atoms with Crippen molar-refractivity contribution in [3.8, 4) is 0 Å². The van der Waals surface area contributed by atoms with Crippen LogP contribution in [0.15, 0.2) is 0 Å². The van der Waals surface area contributed by atoms with E-state index in [1.165, 1.54) is 0 Å². The van der Waals surface area contributed by atoms with E-state index in [-0.39, 0.29) is 139 Å². The summed E-state index contributed by atoms with van der Waals surface area (Å²) in [6.45, 7) is 0.909. The minimum absolute atomic E-state index is 0.0222. The van der Waals surface area contributed by atoms with Crippen LogP contribution in [0.5, 0.6) is 0 Å². The van der Waals surface area contributed by atoms with Crippen LogP contribution in [-0.4, -0.2) is 170 Å². The number of thiol groups is 2. The molecule has 420 valence electrons. The summed E-state index contributed by atoms with van der Waals surface area (Å²) in [7, 11) is 0. The van der Waals surface area contributed by atoms with Gasteiger partial charge in [0.1, 0.15) is 48.3 Å². The van der Waals surface area contributed by atoms with Crippen molar-refractivity contribution in [1.29, 1.82) is 21.6 Å². The molecule has 0 spiro atoms. The molecule has 1 rings (SSSR count). The van der Waals surface area contributed by atoms with Crippen LogP contribution < -0.4 is 98.2 Å². The fourth-order valence-electron chi connectivity index (χ4n) is 7.28. The van der Waals surface area contributed by atoms with E-state index in [2.05, 4.69) is 89.1 Å². The average Bonchev–Trinajstić information content (AvgIpc) is 3.34. The van der Waals surface area contributed by atoms with Crippen molar-refractivity contribution < 1.29 is 38.4 Å². The minimum Gasteiger partial charge on any atom is -0.370 e. The Morgan fingerprint density at radius 3 is 0.689 bits per heavy atom. The van der Waals surface area contributed by atoms with Crippen molar-refractivity contribution in [3.05, 3.63) is 0 Å². The molecule has 0 saturated carbocycles. The Bertz CT molecular complexity index is 1760. The third kappa shape index (κ3) is 27.5. The molecule has 8 amide bonds. The van der Waals surface area contributed by atoms with Gasteiger partial charge in [0.25, 0.3) is 0 Å².